The summed E-state index contributed by atoms with van der Waals surface area (Å²) < 4.78 is 0. The fourth-order valence-corrected chi connectivity index (χ4v) is 2.91. The highest BCUT2D eigenvalue weighted by Gasteiger charge is 2.39. The first-order chi connectivity index (χ1) is 7.97. The number of aliphatic hydroxyl groups excluding tert-OH is 1. The summed E-state index contributed by atoms with van der Waals surface area (Å²) in [4.78, 5) is 2.41. The first-order valence-electron chi connectivity index (χ1n) is 7.02. The molecule has 102 valence electrons. The minimum atomic E-state index is 0.322. The summed E-state index contributed by atoms with van der Waals surface area (Å²) in [7, 11) is 2.19. The molecule has 0 spiro atoms. The van der Waals surface area contributed by atoms with Crippen molar-refractivity contribution >= 4 is 0 Å². The van der Waals surface area contributed by atoms with Crippen LogP contribution >= 0.6 is 0 Å². The number of aliphatic hydroxyl groups is 1. The van der Waals surface area contributed by atoms with Gasteiger partial charge in [-0.15, -0.1) is 0 Å². The molecule has 2 atom stereocenters. The minimum Gasteiger partial charge on any atom is -0.396 e. The van der Waals surface area contributed by atoms with Gasteiger partial charge < -0.3 is 15.7 Å². The second-order valence-electron chi connectivity index (χ2n) is 6.36. The van der Waals surface area contributed by atoms with Gasteiger partial charge in [-0.3, -0.25) is 0 Å². The van der Waals surface area contributed by atoms with Crippen LogP contribution in [0.25, 0.3) is 0 Å². The number of rotatable bonds is 7. The highest BCUT2D eigenvalue weighted by atomic mass is 16.2. The predicted molar refractivity (Wildman–Crippen MR) is 72.9 cm³/mol. The first-order valence-corrected chi connectivity index (χ1v) is 7.02. The molecule has 1 aliphatic carbocycles. The molecule has 3 nitrogen and oxygen atoms in total. The summed E-state index contributed by atoms with van der Waals surface area (Å²) in [6.07, 6.45) is 5.78. The molecule has 3 N–H and O–H groups in total. The van der Waals surface area contributed by atoms with Crippen LogP contribution in [0.3, 0.4) is 0 Å². The van der Waals surface area contributed by atoms with Crippen molar-refractivity contribution in [2.75, 3.05) is 26.7 Å². The fourth-order valence-electron chi connectivity index (χ4n) is 2.91. The van der Waals surface area contributed by atoms with E-state index in [-0.39, 0.29) is 0 Å². The second kappa shape index (κ2) is 6.72. The molecule has 0 aromatic carbocycles. The van der Waals surface area contributed by atoms with Crippen LogP contribution in [-0.4, -0.2) is 42.8 Å². The maximum atomic E-state index is 8.72. The van der Waals surface area contributed by atoms with Crippen LogP contribution in [0.15, 0.2) is 0 Å². The molecule has 0 heterocycles. The standard InChI is InChI=1S/C14H30N2O/c1-14(2)8-7-12(13(14)15)11-16(3)9-5-4-6-10-17/h12-13,17H,4-11,15H2,1-3H3. The Balaban J connectivity index is 2.21. The van der Waals surface area contributed by atoms with E-state index in [1.807, 2.05) is 0 Å². The lowest BCUT2D eigenvalue weighted by Crippen LogP contribution is -2.41. The third-order valence-corrected chi connectivity index (χ3v) is 4.31. The van der Waals surface area contributed by atoms with Crippen molar-refractivity contribution in [1.82, 2.24) is 4.90 Å². The number of unbranched alkanes of at least 4 members (excludes halogenated alkanes) is 2. The monoisotopic (exact) mass is 242 g/mol. The maximum Gasteiger partial charge on any atom is 0.0431 e. The Kier molecular flexibility index (Phi) is 5.90. The average Bonchev–Trinajstić information content (AvgIpc) is 2.52. The molecule has 0 bridgehead atoms. The zero-order valence-corrected chi connectivity index (χ0v) is 11.8. The Morgan fingerprint density at radius 1 is 1.29 bits per heavy atom. The molecule has 1 rings (SSSR count). The van der Waals surface area contributed by atoms with Crippen LogP contribution in [0.5, 0.6) is 0 Å². The number of hydrogen-bond acceptors (Lipinski definition) is 3. The predicted octanol–water partition coefficient (Wildman–Crippen LogP) is 1.84. The third-order valence-electron chi connectivity index (χ3n) is 4.31. The largest absolute Gasteiger partial charge is 0.396 e. The van der Waals surface area contributed by atoms with Gasteiger partial charge in [-0.05, 0) is 57.0 Å². The Morgan fingerprint density at radius 2 is 2.00 bits per heavy atom. The van der Waals surface area contributed by atoms with Gasteiger partial charge in [0.25, 0.3) is 0 Å². The van der Waals surface area contributed by atoms with Gasteiger partial charge in [0.1, 0.15) is 0 Å². The zero-order valence-electron chi connectivity index (χ0n) is 11.8. The Morgan fingerprint density at radius 3 is 2.53 bits per heavy atom. The van der Waals surface area contributed by atoms with Crippen molar-refractivity contribution in [1.29, 1.82) is 0 Å². The Bertz CT molecular complexity index is 218. The summed E-state index contributed by atoms with van der Waals surface area (Å²) >= 11 is 0. The topological polar surface area (TPSA) is 49.5 Å². The summed E-state index contributed by atoms with van der Waals surface area (Å²) in [5.41, 5.74) is 6.64. The lowest BCUT2D eigenvalue weighted by Gasteiger charge is -2.29. The highest BCUT2D eigenvalue weighted by molar-refractivity contribution is 4.94. The van der Waals surface area contributed by atoms with Crippen molar-refractivity contribution < 1.29 is 5.11 Å². The van der Waals surface area contributed by atoms with Gasteiger partial charge in [0, 0.05) is 19.2 Å². The lowest BCUT2D eigenvalue weighted by molar-refractivity contribution is 0.227. The number of nitrogens with two attached hydrogens (primary N) is 1. The molecule has 0 radical (unpaired) electrons. The third kappa shape index (κ3) is 4.57. The normalized spacial score (nSPS) is 27.9. The van der Waals surface area contributed by atoms with Gasteiger partial charge in [-0.1, -0.05) is 13.8 Å². The van der Waals surface area contributed by atoms with E-state index in [1.54, 1.807) is 0 Å². The molecule has 17 heavy (non-hydrogen) atoms. The molecule has 3 heteroatoms. The van der Waals surface area contributed by atoms with E-state index in [2.05, 4.69) is 25.8 Å². The molecule has 0 amide bonds. The summed E-state index contributed by atoms with van der Waals surface area (Å²) in [5.74, 6) is 0.660. The van der Waals surface area contributed by atoms with Crippen LogP contribution in [-0.2, 0) is 0 Å². The molecule has 1 fully saturated rings. The molecule has 2 unspecified atom stereocenters. The summed E-state index contributed by atoms with van der Waals surface area (Å²) in [6, 6.07) is 0.349. The van der Waals surface area contributed by atoms with Crippen molar-refractivity contribution in [2.24, 2.45) is 17.1 Å². The van der Waals surface area contributed by atoms with Crippen molar-refractivity contribution in [3.63, 3.8) is 0 Å². The number of hydrogen-bond donors (Lipinski definition) is 2. The van der Waals surface area contributed by atoms with Gasteiger partial charge in [0.05, 0.1) is 0 Å². The van der Waals surface area contributed by atoms with Crippen molar-refractivity contribution in [2.45, 2.75) is 52.0 Å². The molecule has 0 aromatic heterocycles. The quantitative estimate of drug-likeness (QED) is 0.670. The fraction of sp³-hybridized carbons (Fsp3) is 1.00. The molecule has 0 aromatic rings. The van der Waals surface area contributed by atoms with Crippen LogP contribution < -0.4 is 5.73 Å². The Hall–Kier alpha value is -0.120. The number of nitrogens with zero attached hydrogens (tertiary/aromatic N) is 1. The second-order valence-corrected chi connectivity index (χ2v) is 6.36. The molecule has 1 saturated carbocycles. The first kappa shape index (κ1) is 14.9. The van der Waals surface area contributed by atoms with Gasteiger partial charge in [-0.2, -0.15) is 0 Å². The van der Waals surface area contributed by atoms with E-state index in [9.17, 15) is 0 Å². The van der Waals surface area contributed by atoms with Gasteiger partial charge in [0.2, 0.25) is 0 Å². The van der Waals surface area contributed by atoms with E-state index in [0.29, 0.717) is 24.0 Å². The van der Waals surface area contributed by atoms with Gasteiger partial charge in [-0.25, -0.2) is 0 Å². The van der Waals surface area contributed by atoms with Crippen LogP contribution in [0, 0.1) is 11.3 Å². The Labute approximate surface area is 106 Å². The molecule has 0 saturated heterocycles. The van der Waals surface area contributed by atoms with E-state index in [1.165, 1.54) is 19.3 Å². The SMILES string of the molecule is CN(CCCCCO)CC1CCC(C)(C)C1N. The summed E-state index contributed by atoms with van der Waals surface area (Å²) in [5, 5.41) is 8.72. The minimum absolute atomic E-state index is 0.322. The van der Waals surface area contributed by atoms with E-state index < -0.39 is 0 Å². The molecular weight excluding hydrogens is 212 g/mol. The van der Waals surface area contributed by atoms with Crippen LogP contribution in [0.1, 0.15) is 46.0 Å². The van der Waals surface area contributed by atoms with Crippen LogP contribution in [0.2, 0.25) is 0 Å². The molecule has 0 aliphatic heterocycles. The van der Waals surface area contributed by atoms with Gasteiger partial charge in [0.15, 0.2) is 0 Å². The van der Waals surface area contributed by atoms with Gasteiger partial charge >= 0.3 is 0 Å². The smallest absolute Gasteiger partial charge is 0.0431 e. The van der Waals surface area contributed by atoms with Crippen LogP contribution in [0.4, 0.5) is 0 Å². The van der Waals surface area contributed by atoms with Crippen molar-refractivity contribution in [3.05, 3.63) is 0 Å². The average molecular weight is 242 g/mol. The zero-order chi connectivity index (χ0) is 12.9. The molecule has 1 aliphatic rings. The van der Waals surface area contributed by atoms with E-state index in [4.69, 9.17) is 10.8 Å². The molecular formula is C14H30N2O. The van der Waals surface area contributed by atoms with Crippen molar-refractivity contribution in [3.8, 4) is 0 Å². The van der Waals surface area contributed by atoms with E-state index in [0.717, 1.165) is 25.9 Å². The highest BCUT2D eigenvalue weighted by Crippen LogP contribution is 2.40. The lowest BCUT2D eigenvalue weighted by atomic mass is 9.85. The van der Waals surface area contributed by atoms with E-state index >= 15 is 0 Å². The summed E-state index contributed by atoms with van der Waals surface area (Å²) in [6.45, 7) is 7.16. The maximum absolute atomic E-state index is 8.72.